The van der Waals surface area contributed by atoms with Crippen molar-refractivity contribution in [2.24, 2.45) is 0 Å². The van der Waals surface area contributed by atoms with E-state index in [0.29, 0.717) is 36.8 Å². The fourth-order valence-electron chi connectivity index (χ4n) is 4.12. The van der Waals surface area contributed by atoms with Crippen molar-refractivity contribution in [1.82, 2.24) is 14.9 Å². The predicted octanol–water partition coefficient (Wildman–Crippen LogP) is 5.22. The molecule has 0 aliphatic rings. The van der Waals surface area contributed by atoms with Gasteiger partial charge in [0.15, 0.2) is 11.5 Å². The minimum absolute atomic E-state index is 0.117. The van der Waals surface area contributed by atoms with Gasteiger partial charge in [0.25, 0.3) is 5.91 Å². The second-order valence-electron chi connectivity index (χ2n) is 8.27. The molecule has 4 aromatic rings. The van der Waals surface area contributed by atoms with Gasteiger partial charge in [-0.2, -0.15) is 0 Å². The van der Waals surface area contributed by atoms with Gasteiger partial charge in [0.1, 0.15) is 5.01 Å². The van der Waals surface area contributed by atoms with Gasteiger partial charge in [0.2, 0.25) is 0 Å². The van der Waals surface area contributed by atoms with Crippen molar-refractivity contribution < 1.29 is 19.0 Å². The number of aromatic nitrogens is 2. The van der Waals surface area contributed by atoms with Crippen LogP contribution in [0.15, 0.2) is 60.0 Å². The predicted molar refractivity (Wildman–Crippen MR) is 143 cm³/mol. The van der Waals surface area contributed by atoms with Crippen LogP contribution in [0.3, 0.4) is 0 Å². The number of hydrogen-bond acceptors (Lipinski definition) is 6. The summed E-state index contributed by atoms with van der Waals surface area (Å²) < 4.78 is 18.1. The number of aryl methyl sites for hydroxylation is 1. The van der Waals surface area contributed by atoms with Crippen molar-refractivity contribution in [3.63, 3.8) is 0 Å². The van der Waals surface area contributed by atoms with Crippen LogP contribution < -0.4 is 14.8 Å². The first-order chi connectivity index (χ1) is 17.5. The number of carbonyl (C=O) groups is 1. The Labute approximate surface area is 215 Å². The molecule has 1 amide bonds. The molecule has 0 atom stereocenters. The Morgan fingerprint density at radius 2 is 1.81 bits per heavy atom. The fraction of sp³-hybridized carbons (Fsp3) is 0.286. The molecule has 36 heavy (non-hydrogen) atoms. The van der Waals surface area contributed by atoms with Gasteiger partial charge in [0, 0.05) is 36.8 Å². The van der Waals surface area contributed by atoms with Crippen LogP contribution in [0.4, 0.5) is 0 Å². The second-order valence-corrected chi connectivity index (χ2v) is 9.13. The number of amides is 1. The van der Waals surface area contributed by atoms with E-state index in [9.17, 15) is 4.79 Å². The van der Waals surface area contributed by atoms with Gasteiger partial charge < -0.3 is 24.1 Å². The highest BCUT2D eigenvalue weighted by Crippen LogP contribution is 2.32. The first-order valence-electron chi connectivity index (χ1n) is 11.7. The Morgan fingerprint density at radius 1 is 1.03 bits per heavy atom. The van der Waals surface area contributed by atoms with E-state index in [1.54, 1.807) is 32.7 Å². The molecule has 0 saturated carbocycles. The molecule has 2 aromatic heterocycles. The SMILES string of the molecule is COCCNC(=O)c1cc(-c2csc(-c3ccccc3)n2)n(CCc2ccc(OC)c(OC)c2)c1C. The zero-order chi connectivity index (χ0) is 25.5. The summed E-state index contributed by atoms with van der Waals surface area (Å²) in [7, 11) is 4.88. The highest BCUT2D eigenvalue weighted by Gasteiger charge is 2.20. The molecule has 0 aliphatic carbocycles. The summed E-state index contributed by atoms with van der Waals surface area (Å²) in [5, 5.41) is 5.94. The molecular weight excluding hydrogens is 474 g/mol. The zero-order valence-corrected chi connectivity index (χ0v) is 21.9. The van der Waals surface area contributed by atoms with E-state index >= 15 is 0 Å². The Balaban J connectivity index is 1.66. The standard InChI is InChI=1S/C28H31N3O4S/c1-19-22(27(32)29-13-15-33-2)17-24(23-18-36-28(30-23)21-8-6-5-7-9-21)31(19)14-12-20-10-11-25(34-3)26(16-20)35-4/h5-11,16-18H,12-15H2,1-4H3,(H,29,32). The molecule has 8 heteroatoms. The topological polar surface area (TPSA) is 74.6 Å². The molecule has 0 unspecified atom stereocenters. The lowest BCUT2D eigenvalue weighted by atomic mass is 10.1. The highest BCUT2D eigenvalue weighted by atomic mass is 32.1. The van der Waals surface area contributed by atoms with Crippen molar-refractivity contribution >= 4 is 17.2 Å². The average Bonchev–Trinajstić information content (AvgIpc) is 3.52. The van der Waals surface area contributed by atoms with Crippen molar-refractivity contribution in [3.05, 3.63) is 76.8 Å². The van der Waals surface area contributed by atoms with Crippen molar-refractivity contribution in [2.75, 3.05) is 34.5 Å². The number of carbonyl (C=O) groups excluding carboxylic acids is 1. The van der Waals surface area contributed by atoms with E-state index in [1.165, 1.54) is 0 Å². The van der Waals surface area contributed by atoms with Crippen LogP contribution in [-0.2, 0) is 17.7 Å². The fourth-order valence-corrected chi connectivity index (χ4v) is 4.94. The minimum Gasteiger partial charge on any atom is -0.493 e. The van der Waals surface area contributed by atoms with E-state index in [-0.39, 0.29) is 5.91 Å². The van der Waals surface area contributed by atoms with Crippen LogP contribution in [0.2, 0.25) is 0 Å². The molecule has 0 spiro atoms. The summed E-state index contributed by atoms with van der Waals surface area (Å²) in [6.45, 7) is 3.58. The van der Waals surface area contributed by atoms with Crippen LogP contribution in [0.5, 0.6) is 11.5 Å². The number of nitrogens with zero attached hydrogens (tertiary/aromatic N) is 2. The van der Waals surface area contributed by atoms with Crippen LogP contribution in [-0.4, -0.2) is 49.9 Å². The summed E-state index contributed by atoms with van der Waals surface area (Å²) in [4.78, 5) is 17.9. The normalized spacial score (nSPS) is 10.9. The molecular formula is C28H31N3O4S. The first kappa shape index (κ1) is 25.5. The maximum atomic E-state index is 13.0. The van der Waals surface area contributed by atoms with Crippen LogP contribution in [0, 0.1) is 6.92 Å². The van der Waals surface area contributed by atoms with E-state index in [0.717, 1.165) is 39.6 Å². The average molecular weight is 506 g/mol. The summed E-state index contributed by atoms with van der Waals surface area (Å²) >= 11 is 1.60. The molecule has 0 aliphatic heterocycles. The Hall–Kier alpha value is -3.62. The Bertz CT molecular complexity index is 1310. The number of hydrogen-bond donors (Lipinski definition) is 1. The Morgan fingerprint density at radius 3 is 2.53 bits per heavy atom. The minimum atomic E-state index is -0.117. The smallest absolute Gasteiger partial charge is 0.253 e. The molecule has 0 saturated heterocycles. The molecule has 0 bridgehead atoms. The third-order valence-corrected chi connectivity index (χ3v) is 6.95. The quantitative estimate of drug-likeness (QED) is 0.283. The van der Waals surface area contributed by atoms with Crippen LogP contribution in [0.1, 0.15) is 21.6 Å². The Kier molecular flexibility index (Phi) is 8.40. The number of thiazole rings is 1. The summed E-state index contributed by atoms with van der Waals surface area (Å²) in [6, 6.07) is 18.0. The molecule has 188 valence electrons. The van der Waals surface area contributed by atoms with E-state index in [4.69, 9.17) is 19.2 Å². The van der Waals surface area contributed by atoms with Gasteiger partial charge in [-0.3, -0.25) is 4.79 Å². The van der Waals surface area contributed by atoms with Gasteiger partial charge in [-0.05, 0) is 37.1 Å². The maximum Gasteiger partial charge on any atom is 0.253 e. The molecule has 1 N–H and O–H groups in total. The second kappa shape index (κ2) is 11.9. The van der Waals surface area contributed by atoms with Gasteiger partial charge in [-0.25, -0.2) is 4.98 Å². The van der Waals surface area contributed by atoms with Crippen LogP contribution >= 0.6 is 11.3 Å². The van der Waals surface area contributed by atoms with Gasteiger partial charge >= 0.3 is 0 Å². The third-order valence-electron chi connectivity index (χ3n) is 6.06. The largest absolute Gasteiger partial charge is 0.493 e. The number of benzene rings is 2. The van der Waals surface area contributed by atoms with E-state index < -0.39 is 0 Å². The lowest BCUT2D eigenvalue weighted by Gasteiger charge is -2.13. The zero-order valence-electron chi connectivity index (χ0n) is 21.0. The molecule has 7 nitrogen and oxygen atoms in total. The lowest BCUT2D eigenvalue weighted by molar-refractivity contribution is 0.0936. The molecule has 2 heterocycles. The summed E-state index contributed by atoms with van der Waals surface area (Å²) in [5.74, 6) is 1.28. The number of nitrogens with one attached hydrogen (secondary N) is 1. The highest BCUT2D eigenvalue weighted by molar-refractivity contribution is 7.13. The number of ether oxygens (including phenoxy) is 3. The monoisotopic (exact) mass is 505 g/mol. The third kappa shape index (κ3) is 5.61. The number of methoxy groups -OCH3 is 3. The molecule has 2 aromatic carbocycles. The van der Waals surface area contributed by atoms with Crippen molar-refractivity contribution in [3.8, 4) is 33.5 Å². The molecule has 0 radical (unpaired) electrons. The van der Waals surface area contributed by atoms with E-state index in [2.05, 4.69) is 27.4 Å². The van der Waals surface area contributed by atoms with Gasteiger partial charge in [0.05, 0.1) is 37.8 Å². The van der Waals surface area contributed by atoms with Crippen molar-refractivity contribution in [1.29, 1.82) is 0 Å². The first-order valence-corrected chi connectivity index (χ1v) is 12.6. The van der Waals surface area contributed by atoms with Gasteiger partial charge in [-0.1, -0.05) is 36.4 Å². The lowest BCUT2D eigenvalue weighted by Crippen LogP contribution is -2.27. The van der Waals surface area contributed by atoms with Crippen molar-refractivity contribution in [2.45, 2.75) is 19.9 Å². The van der Waals surface area contributed by atoms with E-state index in [1.807, 2.05) is 49.4 Å². The maximum absolute atomic E-state index is 13.0. The van der Waals surface area contributed by atoms with Crippen LogP contribution in [0.25, 0.3) is 22.0 Å². The molecule has 4 rings (SSSR count). The molecule has 0 fully saturated rings. The van der Waals surface area contributed by atoms with Gasteiger partial charge in [-0.15, -0.1) is 11.3 Å². The summed E-state index contributed by atoms with van der Waals surface area (Å²) in [6.07, 6.45) is 0.753. The summed E-state index contributed by atoms with van der Waals surface area (Å²) in [5.41, 5.74) is 5.50. The number of rotatable bonds is 11.